The second-order valence-electron chi connectivity index (χ2n) is 7.53. The molecule has 3 rings (SSSR count). The summed E-state index contributed by atoms with van der Waals surface area (Å²) < 4.78 is 13.4. The van der Waals surface area contributed by atoms with Gasteiger partial charge in [0.1, 0.15) is 11.9 Å². The van der Waals surface area contributed by atoms with Crippen LogP contribution in [0, 0.1) is 5.82 Å². The van der Waals surface area contributed by atoms with Gasteiger partial charge in [0.05, 0.1) is 0 Å². The van der Waals surface area contributed by atoms with E-state index in [9.17, 15) is 18.8 Å². The number of carbonyl (C=O) groups excluding carboxylic acids is 3. The molecule has 0 spiro atoms. The van der Waals surface area contributed by atoms with Crippen LogP contribution in [-0.2, 0) is 16.0 Å². The normalized spacial score (nSPS) is 15.3. The minimum Gasteiger partial charge on any atom is -0.351 e. The zero-order chi connectivity index (χ0) is 21.5. The number of nitrogens with one attached hydrogen (secondary N) is 2. The average molecular weight is 411 g/mol. The molecule has 1 aliphatic heterocycles. The lowest BCUT2D eigenvalue weighted by molar-refractivity contribution is -0.128. The third kappa shape index (κ3) is 5.89. The SMILES string of the molecule is CC(=O)N[C@@H](Cc1ccccc1)C(=O)NC1CCN(C(=O)c2cccc(F)c2)CC1. The van der Waals surface area contributed by atoms with Gasteiger partial charge in [0.2, 0.25) is 11.8 Å². The predicted octanol–water partition coefficient (Wildman–Crippen LogP) is 2.29. The van der Waals surface area contributed by atoms with Crippen molar-refractivity contribution in [2.75, 3.05) is 13.1 Å². The van der Waals surface area contributed by atoms with Gasteiger partial charge in [-0.25, -0.2) is 4.39 Å². The molecule has 0 aliphatic carbocycles. The highest BCUT2D eigenvalue weighted by Crippen LogP contribution is 2.15. The molecule has 0 bridgehead atoms. The van der Waals surface area contributed by atoms with Crippen LogP contribution in [0.2, 0.25) is 0 Å². The first-order valence-electron chi connectivity index (χ1n) is 10.1. The van der Waals surface area contributed by atoms with Crippen molar-refractivity contribution in [3.63, 3.8) is 0 Å². The van der Waals surface area contributed by atoms with Crippen LogP contribution in [0.3, 0.4) is 0 Å². The van der Waals surface area contributed by atoms with E-state index in [-0.39, 0.29) is 23.8 Å². The van der Waals surface area contributed by atoms with Crippen LogP contribution in [0.5, 0.6) is 0 Å². The summed E-state index contributed by atoms with van der Waals surface area (Å²) in [4.78, 5) is 38.5. The quantitative estimate of drug-likeness (QED) is 0.766. The number of carbonyl (C=O) groups is 3. The molecule has 1 atom stereocenters. The fraction of sp³-hybridized carbons (Fsp3) is 0.348. The van der Waals surface area contributed by atoms with E-state index in [1.807, 2.05) is 30.3 Å². The summed E-state index contributed by atoms with van der Waals surface area (Å²) in [6.45, 7) is 2.34. The van der Waals surface area contributed by atoms with Crippen molar-refractivity contribution in [3.8, 4) is 0 Å². The van der Waals surface area contributed by atoms with E-state index in [4.69, 9.17) is 0 Å². The lowest BCUT2D eigenvalue weighted by Gasteiger charge is -2.33. The molecule has 30 heavy (non-hydrogen) atoms. The Morgan fingerprint density at radius 3 is 2.40 bits per heavy atom. The number of piperidine rings is 1. The monoisotopic (exact) mass is 411 g/mol. The summed E-state index contributed by atoms with van der Waals surface area (Å²) in [5.41, 5.74) is 1.29. The summed E-state index contributed by atoms with van der Waals surface area (Å²) in [6.07, 6.45) is 1.61. The van der Waals surface area contributed by atoms with Crippen LogP contribution in [-0.4, -0.2) is 47.8 Å². The summed E-state index contributed by atoms with van der Waals surface area (Å²) in [6, 6.07) is 14.4. The van der Waals surface area contributed by atoms with Crippen molar-refractivity contribution in [1.82, 2.24) is 15.5 Å². The van der Waals surface area contributed by atoms with E-state index in [0.29, 0.717) is 37.9 Å². The number of likely N-dealkylation sites (tertiary alicyclic amines) is 1. The Kier molecular flexibility index (Phi) is 7.17. The Labute approximate surface area is 175 Å². The van der Waals surface area contributed by atoms with Crippen molar-refractivity contribution in [3.05, 3.63) is 71.5 Å². The second-order valence-corrected chi connectivity index (χ2v) is 7.53. The van der Waals surface area contributed by atoms with Gasteiger partial charge in [-0.1, -0.05) is 36.4 Å². The number of halogens is 1. The lowest BCUT2D eigenvalue weighted by atomic mass is 10.0. The molecule has 0 unspecified atom stereocenters. The summed E-state index contributed by atoms with van der Waals surface area (Å²) in [7, 11) is 0. The third-order valence-electron chi connectivity index (χ3n) is 5.18. The first-order valence-corrected chi connectivity index (χ1v) is 10.1. The molecule has 1 heterocycles. The number of nitrogens with zero attached hydrogens (tertiary/aromatic N) is 1. The van der Waals surface area contributed by atoms with Gasteiger partial charge in [0, 0.05) is 38.0 Å². The molecule has 1 saturated heterocycles. The summed E-state index contributed by atoms with van der Waals surface area (Å²) >= 11 is 0. The van der Waals surface area contributed by atoms with Crippen LogP contribution < -0.4 is 10.6 Å². The van der Waals surface area contributed by atoms with Crippen molar-refractivity contribution in [2.45, 2.75) is 38.3 Å². The Hall–Kier alpha value is -3.22. The predicted molar refractivity (Wildman–Crippen MR) is 111 cm³/mol. The van der Waals surface area contributed by atoms with Crippen molar-refractivity contribution in [2.24, 2.45) is 0 Å². The fourth-order valence-corrected chi connectivity index (χ4v) is 3.64. The van der Waals surface area contributed by atoms with Gasteiger partial charge in [0.25, 0.3) is 5.91 Å². The lowest BCUT2D eigenvalue weighted by Crippen LogP contribution is -2.53. The highest BCUT2D eigenvalue weighted by atomic mass is 19.1. The van der Waals surface area contributed by atoms with E-state index in [0.717, 1.165) is 5.56 Å². The molecule has 2 N–H and O–H groups in total. The molecule has 0 aromatic heterocycles. The molecular formula is C23H26FN3O3. The van der Waals surface area contributed by atoms with Gasteiger partial charge in [-0.15, -0.1) is 0 Å². The Bertz CT molecular complexity index is 896. The van der Waals surface area contributed by atoms with Crippen LogP contribution in [0.4, 0.5) is 4.39 Å². The first kappa shape index (κ1) is 21.5. The van der Waals surface area contributed by atoms with Crippen LogP contribution in [0.25, 0.3) is 0 Å². The van der Waals surface area contributed by atoms with Gasteiger partial charge in [-0.2, -0.15) is 0 Å². The highest BCUT2D eigenvalue weighted by molar-refractivity contribution is 5.94. The molecule has 1 fully saturated rings. The van der Waals surface area contributed by atoms with Crippen molar-refractivity contribution < 1.29 is 18.8 Å². The Morgan fingerprint density at radius 1 is 1.07 bits per heavy atom. The van der Waals surface area contributed by atoms with Gasteiger partial charge in [0.15, 0.2) is 0 Å². The van der Waals surface area contributed by atoms with E-state index in [1.54, 1.807) is 11.0 Å². The van der Waals surface area contributed by atoms with Crippen LogP contribution >= 0.6 is 0 Å². The number of rotatable bonds is 6. The maximum atomic E-state index is 13.4. The number of hydrogen-bond donors (Lipinski definition) is 2. The van der Waals surface area contributed by atoms with Crippen LogP contribution in [0.15, 0.2) is 54.6 Å². The summed E-state index contributed by atoms with van der Waals surface area (Å²) in [5, 5.41) is 5.72. The zero-order valence-corrected chi connectivity index (χ0v) is 16.9. The average Bonchev–Trinajstić information content (AvgIpc) is 2.74. The van der Waals surface area contributed by atoms with Crippen molar-refractivity contribution >= 4 is 17.7 Å². The molecule has 2 aromatic carbocycles. The zero-order valence-electron chi connectivity index (χ0n) is 16.9. The number of hydrogen-bond acceptors (Lipinski definition) is 3. The smallest absolute Gasteiger partial charge is 0.253 e. The molecule has 1 aliphatic rings. The van der Waals surface area contributed by atoms with Gasteiger partial charge >= 0.3 is 0 Å². The Morgan fingerprint density at radius 2 is 1.77 bits per heavy atom. The molecule has 3 amide bonds. The van der Waals surface area contributed by atoms with Gasteiger partial charge < -0.3 is 15.5 Å². The fourth-order valence-electron chi connectivity index (χ4n) is 3.64. The van der Waals surface area contributed by atoms with E-state index in [1.165, 1.54) is 25.1 Å². The molecule has 0 saturated carbocycles. The molecule has 0 radical (unpaired) electrons. The van der Waals surface area contributed by atoms with E-state index in [2.05, 4.69) is 10.6 Å². The maximum absolute atomic E-state index is 13.4. The number of amides is 3. The van der Waals surface area contributed by atoms with Crippen molar-refractivity contribution in [1.29, 1.82) is 0 Å². The van der Waals surface area contributed by atoms with Crippen LogP contribution in [0.1, 0.15) is 35.7 Å². The molecule has 6 nitrogen and oxygen atoms in total. The molecule has 2 aromatic rings. The largest absolute Gasteiger partial charge is 0.351 e. The molecule has 158 valence electrons. The minimum atomic E-state index is -0.656. The van der Waals surface area contributed by atoms with Gasteiger partial charge in [-0.05, 0) is 36.6 Å². The number of benzene rings is 2. The van der Waals surface area contributed by atoms with E-state index >= 15 is 0 Å². The second kappa shape index (κ2) is 10.0. The first-order chi connectivity index (χ1) is 14.4. The topological polar surface area (TPSA) is 78.5 Å². The standard InChI is InChI=1S/C23H26FN3O3/c1-16(28)25-21(14-17-6-3-2-4-7-17)22(29)26-20-10-12-27(13-11-20)23(30)18-8-5-9-19(24)15-18/h2-9,15,20-21H,10-14H2,1H3,(H,25,28)(H,26,29)/t21-/m0/s1. The van der Waals surface area contributed by atoms with Gasteiger partial charge in [-0.3, -0.25) is 14.4 Å². The molecule has 7 heteroatoms. The van der Waals surface area contributed by atoms with E-state index < -0.39 is 11.9 Å². The maximum Gasteiger partial charge on any atom is 0.253 e. The Balaban J connectivity index is 1.55. The highest BCUT2D eigenvalue weighted by Gasteiger charge is 2.27. The third-order valence-corrected chi connectivity index (χ3v) is 5.18. The molecular weight excluding hydrogens is 385 g/mol. The minimum absolute atomic E-state index is 0.0823. The summed E-state index contributed by atoms with van der Waals surface area (Å²) in [5.74, 6) is -1.14.